The molecule has 0 saturated carbocycles. The Bertz CT molecular complexity index is 15.8. The van der Waals surface area contributed by atoms with Crippen LogP contribution >= 0.6 is 46.4 Å². The lowest BCUT2D eigenvalue weighted by Crippen LogP contribution is -1.25. The average molecular weight is 220 g/mol. The molecule has 0 aliphatic carbocycles. The predicted octanol–water partition coefficient (Wildman–Crippen LogP) is 1.63. The van der Waals surface area contributed by atoms with Crippen LogP contribution in [0.4, 0.5) is 0 Å². The van der Waals surface area contributed by atoms with Gasteiger partial charge in [-0.25, -0.2) is 0 Å². The fourth-order valence-electron chi connectivity index (χ4n) is 0. The van der Waals surface area contributed by atoms with Crippen molar-refractivity contribution in [2.75, 3.05) is 17.8 Å². The minimum Gasteiger partial charge on any atom is -0.412 e. The van der Waals surface area contributed by atoms with Crippen molar-refractivity contribution < 1.29 is 10.6 Å². The Balaban J connectivity index is -0.0000000202. The Morgan fingerprint density at radius 1 is 0.889 bits per heavy atom. The molecule has 0 amide bonds. The summed E-state index contributed by atoms with van der Waals surface area (Å²) in [6.07, 6.45) is 0. The predicted molar refractivity (Wildman–Crippen MR) is 44.9 cm³/mol. The normalized spacial score (nSPS) is 4.67. The van der Waals surface area contributed by atoms with Crippen LogP contribution in [-0.4, -0.2) is 28.4 Å². The number of hydrogen-bond acceptors (Lipinski definition) is 1. The minimum absolute atomic E-state index is 0. The number of halogens is 4. The molecule has 62 valence electrons. The van der Waals surface area contributed by atoms with Gasteiger partial charge < -0.3 is 10.6 Å². The van der Waals surface area contributed by atoms with Crippen molar-refractivity contribution in [2.45, 2.75) is 0 Å². The van der Waals surface area contributed by atoms with Gasteiger partial charge in [-0.1, -0.05) is 0 Å². The summed E-state index contributed by atoms with van der Waals surface area (Å²) in [4.78, 5) is 0. The van der Waals surface area contributed by atoms with Crippen molar-refractivity contribution in [2.24, 2.45) is 0 Å². The third kappa shape index (κ3) is 390. The van der Waals surface area contributed by atoms with Crippen molar-refractivity contribution in [1.29, 1.82) is 0 Å². The lowest BCUT2D eigenvalue weighted by atomic mass is 11.8. The Kier molecular flexibility index (Phi) is 156. The van der Waals surface area contributed by atoms with E-state index < -0.39 is 0 Å². The highest BCUT2D eigenvalue weighted by Gasteiger charge is 1.42. The van der Waals surface area contributed by atoms with Gasteiger partial charge in [-0.3, -0.25) is 0 Å². The van der Waals surface area contributed by atoms with Crippen molar-refractivity contribution in [3.8, 4) is 0 Å². The third-order valence-corrected chi connectivity index (χ3v) is 0. The Morgan fingerprint density at radius 2 is 0.889 bits per heavy atom. The molecule has 0 spiro atoms. The van der Waals surface area contributed by atoms with Crippen LogP contribution in [0.3, 0.4) is 0 Å². The summed E-state index contributed by atoms with van der Waals surface area (Å²) in [5.74, 6) is 0. The molecular weight excluding hydrogens is 210 g/mol. The first-order valence-electron chi connectivity index (χ1n) is 1.52. The molecule has 0 atom stereocenters. The van der Waals surface area contributed by atoms with Crippen LogP contribution in [0.25, 0.3) is 0 Å². The SMILES string of the molecule is CO.ClCCl.ClCCl.O. The van der Waals surface area contributed by atoms with Crippen molar-refractivity contribution in [1.82, 2.24) is 0 Å². The molecule has 0 fully saturated rings. The molecule has 0 saturated heterocycles. The summed E-state index contributed by atoms with van der Waals surface area (Å²) < 4.78 is 0. The molecule has 0 heterocycles. The Morgan fingerprint density at radius 3 is 0.889 bits per heavy atom. The van der Waals surface area contributed by atoms with Crippen LogP contribution in [0.2, 0.25) is 0 Å². The maximum atomic E-state index is 7.00. The van der Waals surface area contributed by atoms with Crippen molar-refractivity contribution in [3.05, 3.63) is 0 Å². The van der Waals surface area contributed by atoms with Gasteiger partial charge in [0.25, 0.3) is 0 Å². The van der Waals surface area contributed by atoms with Gasteiger partial charge in [-0.2, -0.15) is 0 Å². The van der Waals surface area contributed by atoms with Gasteiger partial charge in [-0.05, 0) is 0 Å². The van der Waals surface area contributed by atoms with E-state index in [1.165, 1.54) is 0 Å². The maximum Gasteiger partial charge on any atom is 0.0967 e. The number of hydrogen-bond donors (Lipinski definition) is 1. The van der Waals surface area contributed by atoms with Crippen LogP contribution in [0, 0.1) is 0 Å². The quantitative estimate of drug-likeness (QED) is 0.619. The Labute approximate surface area is 75.0 Å². The lowest BCUT2D eigenvalue weighted by Gasteiger charge is -1.42. The zero-order valence-electron chi connectivity index (χ0n) is 4.87. The van der Waals surface area contributed by atoms with E-state index in [0.29, 0.717) is 0 Å². The first-order chi connectivity index (χ1) is 3.83. The number of rotatable bonds is 0. The summed E-state index contributed by atoms with van der Waals surface area (Å²) in [5.41, 5.74) is 0. The van der Waals surface area contributed by atoms with E-state index in [9.17, 15) is 0 Å². The summed E-state index contributed by atoms with van der Waals surface area (Å²) in [7, 11) is 1.00. The monoisotopic (exact) mass is 218 g/mol. The molecule has 6 heteroatoms. The standard InChI is InChI=1S/2CH2Cl2.CH4O.H2O/c2*2-1-3;1-2;/h2*1H2;2H,1H3;1H2. The molecule has 0 aromatic carbocycles. The van der Waals surface area contributed by atoms with Gasteiger partial charge >= 0.3 is 0 Å². The number of aliphatic hydroxyl groups excluding tert-OH is 1. The topological polar surface area (TPSA) is 51.7 Å². The van der Waals surface area contributed by atoms with Gasteiger partial charge in [0.05, 0.1) is 10.7 Å². The summed E-state index contributed by atoms with van der Waals surface area (Å²) in [6, 6.07) is 0. The zero-order chi connectivity index (χ0) is 7.41. The smallest absolute Gasteiger partial charge is 0.0967 e. The first-order valence-corrected chi connectivity index (χ1v) is 3.65. The fourth-order valence-corrected chi connectivity index (χ4v) is 0. The maximum absolute atomic E-state index is 7.00. The molecule has 0 aliphatic rings. The minimum atomic E-state index is 0. The van der Waals surface area contributed by atoms with Gasteiger partial charge in [0, 0.05) is 7.11 Å². The molecule has 0 aromatic rings. The first kappa shape index (κ1) is 22.5. The molecule has 0 rings (SSSR count). The van der Waals surface area contributed by atoms with E-state index in [2.05, 4.69) is 0 Å². The highest BCUT2D eigenvalue weighted by atomic mass is 35.5. The van der Waals surface area contributed by atoms with Gasteiger partial charge in [0.15, 0.2) is 0 Å². The molecule has 2 nitrogen and oxygen atoms in total. The summed E-state index contributed by atoms with van der Waals surface area (Å²) in [6.45, 7) is 0. The lowest BCUT2D eigenvalue weighted by molar-refractivity contribution is 0.399. The molecule has 0 radical (unpaired) electrons. The van der Waals surface area contributed by atoms with Crippen LogP contribution in [0.15, 0.2) is 0 Å². The van der Waals surface area contributed by atoms with E-state index in [0.717, 1.165) is 7.11 Å². The molecule has 3 N–H and O–H groups in total. The highest BCUT2D eigenvalue weighted by Crippen LogP contribution is 1.73. The van der Waals surface area contributed by atoms with Gasteiger partial charge in [-0.15, -0.1) is 46.4 Å². The molecule has 9 heavy (non-hydrogen) atoms. The van der Waals surface area contributed by atoms with Crippen LogP contribution < -0.4 is 0 Å². The van der Waals surface area contributed by atoms with E-state index >= 15 is 0 Å². The second kappa shape index (κ2) is 62.5. The average Bonchev–Trinajstić information content (AvgIpc) is 1.75. The Hall–Kier alpha value is 1.08. The van der Waals surface area contributed by atoms with Gasteiger partial charge in [0.2, 0.25) is 0 Å². The highest BCUT2D eigenvalue weighted by molar-refractivity contribution is 6.40. The third-order valence-electron chi connectivity index (χ3n) is 0. The van der Waals surface area contributed by atoms with Gasteiger partial charge in [0.1, 0.15) is 0 Å². The number of alkyl halides is 4. The number of aliphatic hydroxyl groups is 1. The molecule has 0 aliphatic heterocycles. The molecule has 0 bridgehead atoms. The van der Waals surface area contributed by atoms with Crippen LogP contribution in [-0.2, 0) is 0 Å². The van der Waals surface area contributed by atoms with E-state index in [1.807, 2.05) is 0 Å². The largest absolute Gasteiger partial charge is 0.412 e. The van der Waals surface area contributed by atoms with E-state index in [-0.39, 0.29) is 16.2 Å². The van der Waals surface area contributed by atoms with E-state index in [1.54, 1.807) is 0 Å². The van der Waals surface area contributed by atoms with Crippen molar-refractivity contribution in [3.63, 3.8) is 0 Å². The molecule has 0 unspecified atom stereocenters. The zero-order valence-corrected chi connectivity index (χ0v) is 7.90. The molecule has 0 aromatic heterocycles. The second-order valence-corrected chi connectivity index (χ2v) is 1.82. The summed E-state index contributed by atoms with van der Waals surface area (Å²) >= 11 is 19.1. The van der Waals surface area contributed by atoms with E-state index in [4.69, 9.17) is 51.5 Å². The van der Waals surface area contributed by atoms with Crippen LogP contribution in [0.5, 0.6) is 0 Å². The fraction of sp³-hybridized carbons (Fsp3) is 1.00. The van der Waals surface area contributed by atoms with Crippen molar-refractivity contribution >= 4 is 46.4 Å². The van der Waals surface area contributed by atoms with Crippen LogP contribution in [0.1, 0.15) is 0 Å². The second-order valence-electron chi connectivity index (χ2n) is 0.202. The molecular formula is C3H10Cl4O2. The summed E-state index contributed by atoms with van der Waals surface area (Å²) in [5, 5.41) is 7.39.